The van der Waals surface area contributed by atoms with E-state index in [2.05, 4.69) is 85.2 Å². The molecule has 0 saturated carbocycles. The molecular weight excluding hydrogens is 410 g/mol. The summed E-state index contributed by atoms with van der Waals surface area (Å²) in [7, 11) is 0. The molecule has 1 aliphatic heterocycles. The van der Waals surface area contributed by atoms with Gasteiger partial charge in [0.2, 0.25) is 0 Å². The summed E-state index contributed by atoms with van der Waals surface area (Å²) in [5.41, 5.74) is 3.70. The second-order valence-corrected chi connectivity index (χ2v) is 9.27. The van der Waals surface area contributed by atoms with Crippen LogP contribution in [0.3, 0.4) is 0 Å². The van der Waals surface area contributed by atoms with E-state index in [1.54, 1.807) is 0 Å². The molecule has 0 aliphatic carbocycles. The molecule has 3 heteroatoms. The molecule has 0 N–H and O–H groups in total. The van der Waals surface area contributed by atoms with Gasteiger partial charge in [0.05, 0.1) is 0 Å². The fourth-order valence-electron chi connectivity index (χ4n) is 4.67. The Morgan fingerprint density at radius 2 is 1.46 bits per heavy atom. The highest BCUT2D eigenvalue weighted by molar-refractivity contribution is 9.10. The molecule has 1 atom stereocenters. The van der Waals surface area contributed by atoms with Crippen LogP contribution in [-0.2, 0) is 5.41 Å². The van der Waals surface area contributed by atoms with Crippen LogP contribution < -0.4 is 4.90 Å². The third-order valence-electron chi connectivity index (χ3n) is 5.84. The number of amides is 1. The lowest BCUT2D eigenvalue weighted by Crippen LogP contribution is -2.55. The molecule has 1 heterocycles. The molecule has 1 aliphatic rings. The summed E-state index contributed by atoms with van der Waals surface area (Å²) in [6.45, 7) is 6.63. The van der Waals surface area contributed by atoms with Crippen molar-refractivity contribution in [2.45, 2.75) is 38.1 Å². The first-order valence-corrected chi connectivity index (χ1v) is 10.4. The van der Waals surface area contributed by atoms with Crippen molar-refractivity contribution in [3.8, 4) is 0 Å². The van der Waals surface area contributed by atoms with Crippen LogP contribution in [-0.4, -0.2) is 11.4 Å². The molecule has 0 bridgehead atoms. The Morgan fingerprint density at radius 1 is 0.857 bits per heavy atom. The molecule has 4 rings (SSSR count). The number of hydrogen-bond donors (Lipinski definition) is 0. The number of hydrogen-bond acceptors (Lipinski definition) is 1. The largest absolute Gasteiger partial charge is 0.302 e. The minimum atomic E-state index is -0.330. The van der Waals surface area contributed by atoms with E-state index < -0.39 is 0 Å². The Labute approximate surface area is 175 Å². The van der Waals surface area contributed by atoms with Crippen LogP contribution in [0, 0.1) is 0 Å². The van der Waals surface area contributed by atoms with Crippen LogP contribution in [0.1, 0.15) is 48.7 Å². The monoisotopic (exact) mass is 433 g/mol. The number of para-hydroxylation sites is 1. The Balaban J connectivity index is 1.88. The number of carbonyl (C=O) groups is 1. The van der Waals surface area contributed by atoms with E-state index >= 15 is 0 Å². The van der Waals surface area contributed by atoms with Gasteiger partial charge in [0, 0.05) is 26.7 Å². The van der Waals surface area contributed by atoms with Gasteiger partial charge in [0.15, 0.2) is 0 Å². The summed E-state index contributed by atoms with van der Waals surface area (Å²) in [5, 5.41) is 0. The maximum atomic E-state index is 13.5. The van der Waals surface area contributed by atoms with Crippen molar-refractivity contribution in [3.05, 3.63) is 100 Å². The van der Waals surface area contributed by atoms with Crippen molar-refractivity contribution in [2.75, 3.05) is 4.90 Å². The number of benzene rings is 3. The summed E-state index contributed by atoms with van der Waals surface area (Å²) in [4.78, 5) is 15.5. The van der Waals surface area contributed by atoms with Gasteiger partial charge in [-0.15, -0.1) is 0 Å². The van der Waals surface area contributed by atoms with Crippen molar-refractivity contribution >= 4 is 27.5 Å². The minimum Gasteiger partial charge on any atom is -0.302 e. The van der Waals surface area contributed by atoms with Crippen molar-refractivity contribution in [1.29, 1.82) is 0 Å². The van der Waals surface area contributed by atoms with E-state index in [0.29, 0.717) is 5.56 Å². The van der Waals surface area contributed by atoms with Gasteiger partial charge in [-0.2, -0.15) is 0 Å². The molecule has 0 spiro atoms. The van der Waals surface area contributed by atoms with Crippen LogP contribution in [0.5, 0.6) is 0 Å². The standard InChI is InChI=1S/C25H24BrNO/c1-24(2)17-25(3,19-9-5-4-6-10-19)21-11-7-8-12-22(21)27(24)23(28)18-13-15-20(26)16-14-18/h4-16H,17H2,1-3H3/t25-/m0/s1. The molecule has 1 amide bonds. The highest BCUT2D eigenvalue weighted by Gasteiger charge is 2.47. The smallest absolute Gasteiger partial charge is 0.258 e. The molecule has 0 unspecified atom stereocenters. The van der Waals surface area contributed by atoms with E-state index in [-0.39, 0.29) is 16.9 Å². The van der Waals surface area contributed by atoms with Crippen molar-refractivity contribution in [1.82, 2.24) is 0 Å². The fourth-order valence-corrected chi connectivity index (χ4v) is 4.93. The third-order valence-corrected chi connectivity index (χ3v) is 6.36. The first-order valence-electron chi connectivity index (χ1n) is 9.58. The average Bonchev–Trinajstić information content (AvgIpc) is 2.68. The average molecular weight is 434 g/mol. The number of fused-ring (bicyclic) bond motifs is 1. The molecule has 0 saturated heterocycles. The SMILES string of the molecule is CC1(C)C[C@@](C)(c2ccccc2)c2ccccc2N1C(=O)c1ccc(Br)cc1. The van der Waals surface area contributed by atoms with Crippen LogP contribution in [0.4, 0.5) is 5.69 Å². The third kappa shape index (κ3) is 3.08. The Hall–Kier alpha value is -2.39. The van der Waals surface area contributed by atoms with Gasteiger partial charge in [-0.1, -0.05) is 71.4 Å². The fraction of sp³-hybridized carbons (Fsp3) is 0.240. The highest BCUT2D eigenvalue weighted by Crippen LogP contribution is 2.50. The van der Waals surface area contributed by atoms with Crippen molar-refractivity contribution in [3.63, 3.8) is 0 Å². The lowest BCUT2D eigenvalue weighted by Gasteiger charge is -2.51. The number of carbonyl (C=O) groups excluding carboxylic acids is 1. The molecule has 3 aromatic rings. The van der Waals surface area contributed by atoms with Gasteiger partial charge >= 0.3 is 0 Å². The van der Waals surface area contributed by atoms with E-state index in [4.69, 9.17) is 0 Å². The summed E-state index contributed by atoms with van der Waals surface area (Å²) in [5.74, 6) is 0.0417. The van der Waals surface area contributed by atoms with Crippen molar-refractivity contribution in [2.24, 2.45) is 0 Å². The summed E-state index contributed by atoms with van der Waals surface area (Å²) >= 11 is 3.45. The zero-order chi connectivity index (χ0) is 19.9. The summed E-state index contributed by atoms with van der Waals surface area (Å²) in [6, 6.07) is 26.6. The van der Waals surface area contributed by atoms with E-state index in [1.165, 1.54) is 11.1 Å². The van der Waals surface area contributed by atoms with E-state index in [9.17, 15) is 4.79 Å². The first kappa shape index (κ1) is 18.9. The second-order valence-electron chi connectivity index (χ2n) is 8.35. The number of rotatable bonds is 2. The van der Waals surface area contributed by atoms with Gasteiger partial charge in [-0.25, -0.2) is 0 Å². The van der Waals surface area contributed by atoms with Crippen LogP contribution in [0.25, 0.3) is 0 Å². The second kappa shape index (κ2) is 6.89. The van der Waals surface area contributed by atoms with Gasteiger partial charge in [-0.05, 0) is 61.7 Å². The normalized spacial score (nSPS) is 20.5. The van der Waals surface area contributed by atoms with Gasteiger partial charge in [-0.3, -0.25) is 4.79 Å². The van der Waals surface area contributed by atoms with Gasteiger partial charge in [0.25, 0.3) is 5.91 Å². The minimum absolute atomic E-state index is 0.0417. The van der Waals surface area contributed by atoms with Crippen LogP contribution in [0.15, 0.2) is 83.3 Å². The predicted octanol–water partition coefficient (Wildman–Crippen LogP) is 6.58. The Kier molecular flexibility index (Phi) is 4.67. The number of anilines is 1. The highest BCUT2D eigenvalue weighted by atomic mass is 79.9. The quantitative estimate of drug-likeness (QED) is 0.446. The lowest BCUT2D eigenvalue weighted by atomic mass is 9.65. The Morgan fingerprint density at radius 3 is 2.14 bits per heavy atom. The molecule has 142 valence electrons. The molecular formula is C25H24BrNO. The topological polar surface area (TPSA) is 20.3 Å². The Bertz CT molecular complexity index is 1010. The predicted molar refractivity (Wildman–Crippen MR) is 119 cm³/mol. The molecule has 2 nitrogen and oxygen atoms in total. The molecule has 28 heavy (non-hydrogen) atoms. The summed E-state index contributed by atoms with van der Waals surface area (Å²) in [6.07, 6.45) is 0.850. The molecule has 3 aromatic carbocycles. The maximum Gasteiger partial charge on any atom is 0.258 e. The molecule has 0 aromatic heterocycles. The summed E-state index contributed by atoms with van der Waals surface area (Å²) < 4.78 is 0.971. The number of nitrogens with zero attached hydrogens (tertiary/aromatic N) is 1. The van der Waals surface area contributed by atoms with E-state index in [1.807, 2.05) is 35.2 Å². The molecule has 0 fully saturated rings. The number of halogens is 1. The van der Waals surface area contributed by atoms with E-state index in [0.717, 1.165) is 16.6 Å². The van der Waals surface area contributed by atoms with Crippen LogP contribution in [0.2, 0.25) is 0 Å². The zero-order valence-electron chi connectivity index (χ0n) is 16.4. The first-order chi connectivity index (χ1) is 13.3. The maximum absolute atomic E-state index is 13.5. The van der Waals surface area contributed by atoms with Gasteiger partial charge in [0.1, 0.15) is 0 Å². The van der Waals surface area contributed by atoms with Crippen LogP contribution >= 0.6 is 15.9 Å². The molecule has 0 radical (unpaired) electrons. The zero-order valence-corrected chi connectivity index (χ0v) is 18.0. The van der Waals surface area contributed by atoms with Gasteiger partial charge < -0.3 is 4.90 Å². The lowest BCUT2D eigenvalue weighted by molar-refractivity contribution is 0.0948. The van der Waals surface area contributed by atoms with Crippen molar-refractivity contribution < 1.29 is 4.79 Å².